The minimum Gasteiger partial charge on any atom is -0.497 e. The highest BCUT2D eigenvalue weighted by molar-refractivity contribution is 7.92. The topological polar surface area (TPSA) is 84.9 Å². The van der Waals surface area contributed by atoms with Gasteiger partial charge < -0.3 is 14.8 Å². The van der Waals surface area contributed by atoms with Crippen LogP contribution in [0, 0.1) is 0 Å². The van der Waals surface area contributed by atoms with Gasteiger partial charge in [-0.05, 0) is 37.0 Å². The van der Waals surface area contributed by atoms with Gasteiger partial charge in [0.15, 0.2) is 0 Å². The number of methoxy groups -OCH3 is 1. The number of carbonyl (C=O) groups is 1. The number of amides is 1. The van der Waals surface area contributed by atoms with Gasteiger partial charge in [0.1, 0.15) is 11.8 Å². The lowest BCUT2D eigenvalue weighted by Gasteiger charge is -2.39. The number of hydrogen-bond acceptors (Lipinski definition) is 5. The van der Waals surface area contributed by atoms with E-state index in [1.807, 2.05) is 25.1 Å². The molecule has 174 valence electrons. The summed E-state index contributed by atoms with van der Waals surface area (Å²) in [6, 6.07) is 16.0. The zero-order chi connectivity index (χ0) is 23.2. The molecule has 1 amide bonds. The first-order chi connectivity index (χ1) is 15.3. The molecule has 1 aliphatic rings. The van der Waals surface area contributed by atoms with E-state index in [1.54, 1.807) is 24.3 Å². The molecule has 3 rings (SSSR count). The minimum absolute atomic E-state index is 0.237. The van der Waals surface area contributed by atoms with E-state index in [2.05, 4.69) is 17.4 Å². The molecular formula is C24H32N2O5S. The number of anilines is 1. The molecule has 1 atom stereocenters. The Kier molecular flexibility index (Phi) is 7.79. The summed E-state index contributed by atoms with van der Waals surface area (Å²) in [5, 5.41) is 3.06. The SMILES string of the molecule is CCC(C(=O)NCC1(c2ccccc2)CCOCC1)N(c1cccc(OC)c1)S(C)(=O)=O. The van der Waals surface area contributed by atoms with Crippen molar-refractivity contribution in [3.63, 3.8) is 0 Å². The van der Waals surface area contributed by atoms with Crippen molar-refractivity contribution < 1.29 is 22.7 Å². The maximum absolute atomic E-state index is 13.3. The summed E-state index contributed by atoms with van der Waals surface area (Å²) in [5.41, 5.74) is 1.32. The van der Waals surface area contributed by atoms with Gasteiger partial charge in [-0.2, -0.15) is 0 Å². The molecular weight excluding hydrogens is 428 g/mol. The van der Waals surface area contributed by atoms with Gasteiger partial charge in [0.2, 0.25) is 15.9 Å². The van der Waals surface area contributed by atoms with E-state index in [1.165, 1.54) is 11.4 Å². The number of benzene rings is 2. The monoisotopic (exact) mass is 460 g/mol. The van der Waals surface area contributed by atoms with E-state index in [0.717, 1.165) is 24.7 Å². The maximum Gasteiger partial charge on any atom is 0.243 e. The lowest BCUT2D eigenvalue weighted by molar-refractivity contribution is -0.122. The number of hydrogen-bond donors (Lipinski definition) is 1. The van der Waals surface area contributed by atoms with Crippen molar-refractivity contribution in [2.75, 3.05) is 37.4 Å². The first kappa shape index (κ1) is 24.1. The molecule has 7 nitrogen and oxygen atoms in total. The normalized spacial score (nSPS) is 16.7. The number of rotatable bonds is 9. The number of nitrogens with one attached hydrogen (secondary N) is 1. The highest BCUT2D eigenvalue weighted by Gasteiger charge is 2.37. The molecule has 8 heteroatoms. The average Bonchev–Trinajstić information content (AvgIpc) is 2.81. The Morgan fingerprint density at radius 1 is 1.16 bits per heavy atom. The molecule has 1 fully saturated rings. The van der Waals surface area contributed by atoms with E-state index in [0.29, 0.717) is 37.6 Å². The molecule has 1 aliphatic heterocycles. The zero-order valence-corrected chi connectivity index (χ0v) is 19.7. The summed E-state index contributed by atoms with van der Waals surface area (Å²) >= 11 is 0. The molecule has 1 unspecified atom stereocenters. The smallest absolute Gasteiger partial charge is 0.243 e. The fourth-order valence-electron chi connectivity index (χ4n) is 4.30. The third-order valence-corrected chi connectivity index (χ3v) is 7.25. The van der Waals surface area contributed by atoms with Crippen LogP contribution in [0.1, 0.15) is 31.7 Å². The molecule has 0 bridgehead atoms. The second kappa shape index (κ2) is 10.4. The lowest BCUT2D eigenvalue weighted by atomic mass is 9.74. The van der Waals surface area contributed by atoms with Gasteiger partial charge in [-0.3, -0.25) is 9.10 Å². The van der Waals surface area contributed by atoms with Crippen LogP contribution in [0.5, 0.6) is 5.75 Å². The van der Waals surface area contributed by atoms with Crippen LogP contribution < -0.4 is 14.4 Å². The van der Waals surface area contributed by atoms with Crippen LogP contribution in [0.3, 0.4) is 0 Å². The van der Waals surface area contributed by atoms with Crippen LogP contribution in [-0.4, -0.2) is 53.5 Å². The third-order valence-electron chi connectivity index (χ3n) is 6.07. The predicted molar refractivity (Wildman–Crippen MR) is 126 cm³/mol. The Hall–Kier alpha value is -2.58. The van der Waals surface area contributed by atoms with Crippen LogP contribution in [0.25, 0.3) is 0 Å². The molecule has 32 heavy (non-hydrogen) atoms. The Morgan fingerprint density at radius 2 is 1.84 bits per heavy atom. The number of ether oxygens (including phenoxy) is 2. The first-order valence-electron chi connectivity index (χ1n) is 10.9. The molecule has 0 aliphatic carbocycles. The molecule has 0 saturated carbocycles. The van der Waals surface area contributed by atoms with Crippen molar-refractivity contribution >= 4 is 21.6 Å². The van der Waals surface area contributed by atoms with Crippen molar-refractivity contribution in [2.45, 2.75) is 37.6 Å². The number of nitrogens with zero attached hydrogens (tertiary/aromatic N) is 1. The predicted octanol–water partition coefficient (Wildman–Crippen LogP) is 3.10. The maximum atomic E-state index is 13.3. The first-order valence-corrected chi connectivity index (χ1v) is 12.7. The van der Waals surface area contributed by atoms with Crippen LogP contribution in [-0.2, 0) is 25.0 Å². The van der Waals surface area contributed by atoms with E-state index in [-0.39, 0.29) is 11.3 Å². The van der Waals surface area contributed by atoms with Crippen molar-refractivity contribution in [3.05, 3.63) is 60.2 Å². The quantitative estimate of drug-likeness (QED) is 0.622. The average molecular weight is 461 g/mol. The molecule has 1 saturated heterocycles. The number of carbonyl (C=O) groups excluding carboxylic acids is 1. The standard InChI is InChI=1S/C24H32N2O5S/c1-4-22(26(32(3,28)29)20-11-8-12-21(17-20)30-2)23(27)25-18-24(13-15-31-16-14-24)19-9-6-5-7-10-19/h5-12,17,22H,4,13-16,18H2,1-3H3,(H,25,27). The molecule has 1 heterocycles. The molecule has 1 N–H and O–H groups in total. The second-order valence-electron chi connectivity index (χ2n) is 8.16. The highest BCUT2D eigenvalue weighted by Crippen LogP contribution is 2.34. The lowest BCUT2D eigenvalue weighted by Crippen LogP contribution is -2.52. The van der Waals surface area contributed by atoms with E-state index in [9.17, 15) is 13.2 Å². The van der Waals surface area contributed by atoms with E-state index in [4.69, 9.17) is 9.47 Å². The summed E-state index contributed by atoms with van der Waals surface area (Å²) < 4.78 is 37.4. The van der Waals surface area contributed by atoms with Crippen LogP contribution in [0.2, 0.25) is 0 Å². The van der Waals surface area contributed by atoms with E-state index >= 15 is 0 Å². The molecule has 2 aromatic rings. The summed E-state index contributed by atoms with van der Waals surface area (Å²) in [4.78, 5) is 13.3. The van der Waals surface area contributed by atoms with Gasteiger partial charge in [0, 0.05) is 31.2 Å². The van der Waals surface area contributed by atoms with Crippen molar-refractivity contribution in [2.24, 2.45) is 0 Å². The van der Waals surface area contributed by atoms with Crippen LogP contribution >= 0.6 is 0 Å². The molecule has 0 aromatic heterocycles. The molecule has 2 aromatic carbocycles. The van der Waals surface area contributed by atoms with Gasteiger partial charge in [0.05, 0.1) is 19.1 Å². The van der Waals surface area contributed by atoms with Crippen LogP contribution in [0.15, 0.2) is 54.6 Å². The minimum atomic E-state index is -3.71. The Labute approximate surface area is 190 Å². The van der Waals surface area contributed by atoms with Crippen LogP contribution in [0.4, 0.5) is 5.69 Å². The van der Waals surface area contributed by atoms with Crippen molar-refractivity contribution in [3.8, 4) is 5.75 Å². The summed E-state index contributed by atoms with van der Waals surface area (Å²) in [5.74, 6) is 0.208. The summed E-state index contributed by atoms with van der Waals surface area (Å²) in [6.45, 7) is 3.48. The number of sulfonamides is 1. The van der Waals surface area contributed by atoms with E-state index < -0.39 is 16.1 Å². The van der Waals surface area contributed by atoms with Crippen molar-refractivity contribution in [1.29, 1.82) is 0 Å². The zero-order valence-electron chi connectivity index (χ0n) is 18.9. The largest absolute Gasteiger partial charge is 0.497 e. The Balaban J connectivity index is 1.86. The van der Waals surface area contributed by atoms with Gasteiger partial charge >= 0.3 is 0 Å². The van der Waals surface area contributed by atoms with Gasteiger partial charge in [-0.25, -0.2) is 8.42 Å². The fraction of sp³-hybridized carbons (Fsp3) is 0.458. The Morgan fingerprint density at radius 3 is 2.44 bits per heavy atom. The summed E-state index contributed by atoms with van der Waals surface area (Å²) in [7, 11) is -2.19. The summed E-state index contributed by atoms with van der Waals surface area (Å²) in [6.07, 6.45) is 3.03. The molecule has 0 spiro atoms. The molecule has 0 radical (unpaired) electrons. The van der Waals surface area contributed by atoms with Gasteiger partial charge in [-0.15, -0.1) is 0 Å². The second-order valence-corrected chi connectivity index (χ2v) is 10.0. The third kappa shape index (κ3) is 5.42. The van der Waals surface area contributed by atoms with Gasteiger partial charge in [-0.1, -0.05) is 43.3 Å². The van der Waals surface area contributed by atoms with Crippen molar-refractivity contribution in [1.82, 2.24) is 5.32 Å². The fourth-order valence-corrected chi connectivity index (χ4v) is 5.51. The Bertz CT molecular complexity index is 1000. The highest BCUT2D eigenvalue weighted by atomic mass is 32.2. The van der Waals surface area contributed by atoms with Gasteiger partial charge in [0.25, 0.3) is 0 Å².